The van der Waals surface area contributed by atoms with Crippen molar-refractivity contribution in [1.82, 2.24) is 10.3 Å². The molecule has 1 aliphatic heterocycles. The highest BCUT2D eigenvalue weighted by molar-refractivity contribution is 7.91. The van der Waals surface area contributed by atoms with Gasteiger partial charge in [0.15, 0.2) is 15.6 Å². The number of fused-ring (bicyclic) bond motifs is 1. The van der Waals surface area contributed by atoms with Gasteiger partial charge in [0.1, 0.15) is 0 Å². The normalized spacial score (nSPS) is 20.2. The lowest BCUT2D eigenvalue weighted by molar-refractivity contribution is 0.0939. The average Bonchev–Trinajstić information content (AvgIpc) is 3.23. The van der Waals surface area contributed by atoms with Gasteiger partial charge in [-0.2, -0.15) is 0 Å². The lowest BCUT2D eigenvalue weighted by atomic mass is 9.96. The molecule has 3 aromatic rings. The summed E-state index contributed by atoms with van der Waals surface area (Å²) in [7, 11) is -3.02. The van der Waals surface area contributed by atoms with Crippen molar-refractivity contribution in [2.24, 2.45) is 0 Å². The molecule has 0 spiro atoms. The predicted molar refractivity (Wildman–Crippen MR) is 102 cm³/mol. The number of aromatic nitrogens is 1. The van der Waals surface area contributed by atoms with Crippen LogP contribution < -0.4 is 5.32 Å². The number of carbonyl (C=O) groups excluding carboxylic acids is 1. The van der Waals surface area contributed by atoms with Gasteiger partial charge in [0.25, 0.3) is 0 Å². The topological polar surface area (TPSA) is 79.0 Å². The summed E-state index contributed by atoms with van der Waals surface area (Å²) < 4.78 is 23.6. The number of para-hydroxylation sites is 1. The Bertz CT molecular complexity index is 1040. The van der Waals surface area contributed by atoms with Crippen LogP contribution in [-0.4, -0.2) is 36.7 Å². The molecule has 1 saturated heterocycles. The van der Waals surface area contributed by atoms with Crippen LogP contribution in [0.1, 0.15) is 28.4 Å². The minimum atomic E-state index is -3.02. The third kappa shape index (κ3) is 3.30. The molecule has 134 valence electrons. The van der Waals surface area contributed by atoms with E-state index in [1.165, 1.54) is 0 Å². The van der Waals surface area contributed by atoms with Crippen LogP contribution in [0.15, 0.2) is 60.8 Å². The maximum Gasteiger partial charge on any atom is 0.186 e. The Morgan fingerprint density at radius 1 is 1.08 bits per heavy atom. The fraction of sp³-hybridized carbons (Fsp3) is 0.250. The van der Waals surface area contributed by atoms with Crippen molar-refractivity contribution < 1.29 is 13.2 Å². The summed E-state index contributed by atoms with van der Waals surface area (Å²) in [5.74, 6) is 0.197. The van der Waals surface area contributed by atoms with Crippen LogP contribution in [0.4, 0.5) is 0 Å². The van der Waals surface area contributed by atoms with Gasteiger partial charge >= 0.3 is 0 Å². The highest BCUT2D eigenvalue weighted by atomic mass is 32.2. The summed E-state index contributed by atoms with van der Waals surface area (Å²) in [6.07, 6.45) is 2.27. The summed E-state index contributed by atoms with van der Waals surface area (Å²) in [5, 5.41) is 4.17. The Morgan fingerprint density at radius 3 is 2.54 bits per heavy atom. The van der Waals surface area contributed by atoms with Crippen LogP contribution in [0.25, 0.3) is 10.9 Å². The Kier molecular flexibility index (Phi) is 4.38. The molecule has 0 unspecified atom stereocenters. The fourth-order valence-electron chi connectivity index (χ4n) is 3.56. The Morgan fingerprint density at radius 2 is 1.81 bits per heavy atom. The lowest BCUT2D eigenvalue weighted by Crippen LogP contribution is -2.37. The molecule has 2 N–H and O–H groups in total. The number of hydrogen-bond donors (Lipinski definition) is 2. The third-order valence-electron chi connectivity index (χ3n) is 4.88. The Labute approximate surface area is 152 Å². The summed E-state index contributed by atoms with van der Waals surface area (Å²) in [6, 6.07) is 16.4. The number of nitrogens with one attached hydrogen (secondary N) is 2. The van der Waals surface area contributed by atoms with Gasteiger partial charge in [-0.3, -0.25) is 10.1 Å². The van der Waals surface area contributed by atoms with Gasteiger partial charge in [0.05, 0.1) is 17.5 Å². The summed E-state index contributed by atoms with van der Waals surface area (Å²) >= 11 is 0. The first-order valence-corrected chi connectivity index (χ1v) is 10.5. The molecule has 0 aliphatic carbocycles. The standard InChI is InChI=1S/C20H20N2O3S/c23-20(17-12-21-18-9-5-4-8-16(17)18)19(14-6-2-1-3-7-14)22-15-10-11-26(24,25)13-15/h1-9,12,15,19,21-22H,10-11,13H2/t15-,19-/m1/s1. The second-order valence-electron chi connectivity index (χ2n) is 6.72. The van der Waals surface area contributed by atoms with E-state index in [0.717, 1.165) is 16.5 Å². The average molecular weight is 368 g/mol. The molecular weight excluding hydrogens is 348 g/mol. The zero-order valence-electron chi connectivity index (χ0n) is 14.2. The first kappa shape index (κ1) is 17.0. The first-order chi connectivity index (χ1) is 12.5. The van der Waals surface area contributed by atoms with E-state index in [1.54, 1.807) is 6.20 Å². The first-order valence-electron chi connectivity index (χ1n) is 8.65. The smallest absolute Gasteiger partial charge is 0.186 e. The minimum absolute atomic E-state index is 0.0575. The number of benzene rings is 2. The second kappa shape index (κ2) is 6.70. The van der Waals surface area contributed by atoms with Crippen molar-refractivity contribution in [1.29, 1.82) is 0 Å². The van der Waals surface area contributed by atoms with Gasteiger partial charge in [0, 0.05) is 28.7 Å². The molecule has 6 heteroatoms. The number of carbonyl (C=O) groups is 1. The second-order valence-corrected chi connectivity index (χ2v) is 8.95. The van der Waals surface area contributed by atoms with Gasteiger partial charge in [-0.25, -0.2) is 8.42 Å². The van der Waals surface area contributed by atoms with Crippen LogP contribution in [0, 0.1) is 0 Å². The van der Waals surface area contributed by atoms with E-state index in [0.29, 0.717) is 12.0 Å². The number of H-pyrrole nitrogens is 1. The maximum absolute atomic E-state index is 13.3. The highest BCUT2D eigenvalue weighted by Crippen LogP contribution is 2.26. The molecule has 0 saturated carbocycles. The van der Waals surface area contributed by atoms with Crippen LogP contribution in [-0.2, 0) is 9.84 Å². The zero-order chi connectivity index (χ0) is 18.1. The molecule has 2 aromatic carbocycles. The third-order valence-corrected chi connectivity index (χ3v) is 6.65. The molecule has 1 aliphatic rings. The van der Waals surface area contributed by atoms with E-state index in [4.69, 9.17) is 0 Å². The molecule has 0 radical (unpaired) electrons. The lowest BCUT2D eigenvalue weighted by Gasteiger charge is -2.21. The number of rotatable bonds is 5. The molecule has 0 amide bonds. The van der Waals surface area contributed by atoms with Gasteiger partial charge in [0.2, 0.25) is 0 Å². The minimum Gasteiger partial charge on any atom is -0.360 e. The van der Waals surface area contributed by atoms with Crippen LogP contribution in [0.5, 0.6) is 0 Å². The quantitative estimate of drug-likeness (QED) is 0.679. The number of Topliss-reactive ketones (excluding diaryl/α,β-unsaturated/α-hetero) is 1. The predicted octanol–water partition coefficient (Wildman–Crippen LogP) is 2.87. The Hall–Kier alpha value is -2.44. The van der Waals surface area contributed by atoms with Gasteiger partial charge in [-0.1, -0.05) is 48.5 Å². The van der Waals surface area contributed by atoms with Crippen molar-refractivity contribution in [3.8, 4) is 0 Å². The molecular formula is C20H20N2O3S. The Balaban J connectivity index is 1.69. The van der Waals surface area contributed by atoms with Crippen LogP contribution >= 0.6 is 0 Å². The van der Waals surface area contributed by atoms with Crippen molar-refractivity contribution in [3.05, 3.63) is 71.9 Å². The van der Waals surface area contributed by atoms with Gasteiger partial charge < -0.3 is 4.98 Å². The molecule has 1 fully saturated rings. The van der Waals surface area contributed by atoms with Gasteiger partial charge in [-0.05, 0) is 18.1 Å². The molecule has 1 aromatic heterocycles. The van der Waals surface area contributed by atoms with Crippen molar-refractivity contribution >= 4 is 26.5 Å². The number of hydrogen-bond acceptors (Lipinski definition) is 4. The molecule has 0 bridgehead atoms. The monoisotopic (exact) mass is 368 g/mol. The maximum atomic E-state index is 13.3. The van der Waals surface area contributed by atoms with E-state index in [9.17, 15) is 13.2 Å². The van der Waals surface area contributed by atoms with Crippen LogP contribution in [0.2, 0.25) is 0 Å². The van der Waals surface area contributed by atoms with E-state index in [1.807, 2.05) is 54.6 Å². The van der Waals surface area contributed by atoms with Crippen molar-refractivity contribution in [2.45, 2.75) is 18.5 Å². The fourth-order valence-corrected chi connectivity index (χ4v) is 5.25. The molecule has 26 heavy (non-hydrogen) atoms. The van der Waals surface area contributed by atoms with E-state index in [-0.39, 0.29) is 23.3 Å². The van der Waals surface area contributed by atoms with E-state index < -0.39 is 15.9 Å². The number of ketones is 1. The molecule has 2 heterocycles. The van der Waals surface area contributed by atoms with Crippen molar-refractivity contribution in [3.63, 3.8) is 0 Å². The van der Waals surface area contributed by atoms with Crippen LogP contribution in [0.3, 0.4) is 0 Å². The van der Waals surface area contributed by atoms with Gasteiger partial charge in [-0.15, -0.1) is 0 Å². The number of sulfone groups is 1. The summed E-state index contributed by atoms with van der Waals surface area (Å²) in [4.78, 5) is 16.5. The highest BCUT2D eigenvalue weighted by Gasteiger charge is 2.32. The van der Waals surface area contributed by atoms with E-state index in [2.05, 4.69) is 10.3 Å². The summed E-state index contributed by atoms with van der Waals surface area (Å²) in [5.41, 5.74) is 2.36. The van der Waals surface area contributed by atoms with E-state index >= 15 is 0 Å². The molecule has 4 rings (SSSR count). The largest absolute Gasteiger partial charge is 0.360 e. The van der Waals surface area contributed by atoms with Crippen molar-refractivity contribution in [2.75, 3.05) is 11.5 Å². The summed E-state index contributed by atoms with van der Waals surface area (Å²) in [6.45, 7) is 0. The molecule has 2 atom stereocenters. The molecule has 5 nitrogen and oxygen atoms in total. The zero-order valence-corrected chi connectivity index (χ0v) is 15.0. The SMILES string of the molecule is O=C(c1c[nH]c2ccccc12)[C@H](N[C@@H]1CCS(=O)(=O)C1)c1ccccc1. The number of aromatic amines is 1.